The normalized spacial score (nSPS) is 24.5. The van der Waals surface area contributed by atoms with E-state index in [2.05, 4.69) is 10.6 Å². The van der Waals surface area contributed by atoms with E-state index >= 15 is 0 Å². The first-order valence-corrected chi connectivity index (χ1v) is 4.34. The molecule has 1 rings (SSSR count). The fourth-order valence-electron chi connectivity index (χ4n) is 1.49. The van der Waals surface area contributed by atoms with Gasteiger partial charge in [0.2, 0.25) is 6.41 Å². The van der Waals surface area contributed by atoms with Gasteiger partial charge < -0.3 is 10.6 Å². The van der Waals surface area contributed by atoms with Crippen molar-refractivity contribution in [1.82, 2.24) is 10.6 Å². The Kier molecular flexibility index (Phi) is 3.98. The van der Waals surface area contributed by atoms with Crippen molar-refractivity contribution in [3.63, 3.8) is 0 Å². The molecule has 1 aliphatic heterocycles. The van der Waals surface area contributed by atoms with Gasteiger partial charge in [0.1, 0.15) is 0 Å². The number of hydrogen-bond acceptors (Lipinski definition) is 2. The predicted molar refractivity (Wildman–Crippen MR) is 44.3 cm³/mol. The van der Waals surface area contributed by atoms with Gasteiger partial charge in [0.15, 0.2) is 0 Å². The van der Waals surface area contributed by atoms with Gasteiger partial charge in [-0.05, 0) is 25.8 Å². The number of rotatable bonds is 4. The molecule has 0 spiro atoms. The second-order valence-corrected chi connectivity index (χ2v) is 3.01. The second kappa shape index (κ2) is 5.13. The fraction of sp³-hybridized carbons (Fsp3) is 0.875. The van der Waals surface area contributed by atoms with Crippen molar-refractivity contribution in [2.24, 2.45) is 0 Å². The van der Waals surface area contributed by atoms with Crippen molar-refractivity contribution < 1.29 is 4.79 Å². The van der Waals surface area contributed by atoms with Crippen LogP contribution in [0.4, 0.5) is 0 Å². The van der Waals surface area contributed by atoms with Crippen LogP contribution in [0.2, 0.25) is 0 Å². The lowest BCUT2D eigenvalue weighted by atomic mass is 10.0. The molecule has 2 N–H and O–H groups in total. The Labute approximate surface area is 67.5 Å². The highest BCUT2D eigenvalue weighted by Crippen LogP contribution is 2.08. The first kappa shape index (κ1) is 8.53. The molecule has 0 unspecified atom stereocenters. The van der Waals surface area contributed by atoms with Crippen molar-refractivity contribution in [1.29, 1.82) is 0 Å². The van der Waals surface area contributed by atoms with Gasteiger partial charge in [-0.3, -0.25) is 4.79 Å². The molecular formula is C8H16N2O. The maximum absolute atomic E-state index is 9.92. The van der Waals surface area contributed by atoms with Gasteiger partial charge in [0.05, 0.1) is 0 Å². The topological polar surface area (TPSA) is 41.1 Å². The summed E-state index contributed by atoms with van der Waals surface area (Å²) in [6, 6.07) is 0.635. The predicted octanol–water partition coefficient (Wildman–Crippen LogP) is 0.265. The second-order valence-electron chi connectivity index (χ2n) is 3.01. The minimum atomic E-state index is 0.635. The molecule has 0 aromatic carbocycles. The molecule has 0 radical (unpaired) electrons. The van der Waals surface area contributed by atoms with Crippen LogP contribution >= 0.6 is 0 Å². The Balaban J connectivity index is 2.00. The van der Waals surface area contributed by atoms with Gasteiger partial charge in [-0.1, -0.05) is 6.42 Å². The third-order valence-electron chi connectivity index (χ3n) is 2.13. The highest BCUT2D eigenvalue weighted by Gasteiger charge is 2.10. The molecule has 1 atom stereocenters. The first-order valence-electron chi connectivity index (χ1n) is 4.34. The van der Waals surface area contributed by atoms with Crippen LogP contribution in [0.1, 0.15) is 25.7 Å². The molecule has 64 valence electrons. The summed E-state index contributed by atoms with van der Waals surface area (Å²) in [5.41, 5.74) is 0. The van der Waals surface area contributed by atoms with Crippen molar-refractivity contribution in [3.8, 4) is 0 Å². The van der Waals surface area contributed by atoms with Crippen molar-refractivity contribution in [2.45, 2.75) is 31.7 Å². The van der Waals surface area contributed by atoms with Crippen LogP contribution in [0.25, 0.3) is 0 Å². The summed E-state index contributed by atoms with van der Waals surface area (Å²) in [4.78, 5) is 9.92. The molecule has 0 bridgehead atoms. The van der Waals surface area contributed by atoms with Crippen molar-refractivity contribution in [2.75, 3.05) is 13.1 Å². The number of piperidine rings is 1. The molecule has 3 nitrogen and oxygen atoms in total. The molecule has 3 heteroatoms. The van der Waals surface area contributed by atoms with Crippen molar-refractivity contribution in [3.05, 3.63) is 0 Å². The van der Waals surface area contributed by atoms with E-state index < -0.39 is 0 Å². The van der Waals surface area contributed by atoms with E-state index in [4.69, 9.17) is 0 Å². The van der Waals surface area contributed by atoms with E-state index in [0.29, 0.717) is 6.04 Å². The van der Waals surface area contributed by atoms with Gasteiger partial charge in [0.25, 0.3) is 0 Å². The van der Waals surface area contributed by atoms with Crippen molar-refractivity contribution >= 4 is 6.41 Å². The Bertz CT molecular complexity index is 111. The molecule has 1 amide bonds. The highest BCUT2D eigenvalue weighted by molar-refractivity contribution is 5.45. The smallest absolute Gasteiger partial charge is 0.207 e. The average Bonchev–Trinajstić information content (AvgIpc) is 2.07. The average molecular weight is 156 g/mol. The summed E-state index contributed by atoms with van der Waals surface area (Å²) in [5.74, 6) is 0. The Hall–Kier alpha value is -0.570. The fourth-order valence-corrected chi connectivity index (χ4v) is 1.49. The van der Waals surface area contributed by atoms with Crippen LogP contribution in [0, 0.1) is 0 Å². The molecule has 1 heterocycles. The lowest BCUT2D eigenvalue weighted by Crippen LogP contribution is -2.36. The van der Waals surface area contributed by atoms with Gasteiger partial charge >= 0.3 is 0 Å². The van der Waals surface area contributed by atoms with Crippen LogP contribution in [0.3, 0.4) is 0 Å². The Morgan fingerprint density at radius 1 is 1.55 bits per heavy atom. The molecule has 1 fully saturated rings. The number of carbonyl (C=O) groups excluding carboxylic acids is 1. The summed E-state index contributed by atoms with van der Waals surface area (Å²) in [6.45, 7) is 1.95. The molecule has 0 aliphatic carbocycles. The minimum absolute atomic E-state index is 0.635. The van der Waals surface area contributed by atoms with Crippen LogP contribution < -0.4 is 10.6 Å². The minimum Gasteiger partial charge on any atom is -0.359 e. The summed E-state index contributed by atoms with van der Waals surface area (Å²) >= 11 is 0. The molecule has 0 aromatic rings. The number of carbonyl (C=O) groups is 1. The molecule has 1 saturated heterocycles. The number of nitrogens with one attached hydrogen (secondary N) is 2. The van der Waals surface area contributed by atoms with E-state index in [-0.39, 0.29) is 0 Å². The van der Waals surface area contributed by atoms with E-state index in [0.717, 1.165) is 25.9 Å². The molecule has 0 aromatic heterocycles. The van der Waals surface area contributed by atoms with Gasteiger partial charge in [-0.15, -0.1) is 0 Å². The molecular weight excluding hydrogens is 140 g/mol. The molecule has 11 heavy (non-hydrogen) atoms. The lowest BCUT2D eigenvalue weighted by Gasteiger charge is -2.22. The first-order chi connectivity index (χ1) is 5.43. The summed E-state index contributed by atoms with van der Waals surface area (Å²) < 4.78 is 0. The van der Waals surface area contributed by atoms with Gasteiger partial charge in [-0.25, -0.2) is 0 Å². The van der Waals surface area contributed by atoms with Crippen LogP contribution in [0.5, 0.6) is 0 Å². The maximum atomic E-state index is 9.92. The van der Waals surface area contributed by atoms with E-state index in [1.807, 2.05) is 0 Å². The Morgan fingerprint density at radius 2 is 2.45 bits per heavy atom. The number of amides is 1. The summed E-state index contributed by atoms with van der Waals surface area (Å²) in [6.07, 6.45) is 5.73. The van der Waals surface area contributed by atoms with Crippen LogP contribution in [-0.4, -0.2) is 25.5 Å². The van der Waals surface area contributed by atoms with E-state index in [9.17, 15) is 4.79 Å². The highest BCUT2D eigenvalue weighted by atomic mass is 16.1. The zero-order valence-corrected chi connectivity index (χ0v) is 6.81. The quantitative estimate of drug-likeness (QED) is 0.453. The third-order valence-corrected chi connectivity index (χ3v) is 2.13. The zero-order valence-electron chi connectivity index (χ0n) is 6.81. The summed E-state index contributed by atoms with van der Waals surface area (Å²) in [7, 11) is 0. The van der Waals surface area contributed by atoms with Crippen LogP contribution in [-0.2, 0) is 4.79 Å². The van der Waals surface area contributed by atoms with E-state index in [1.54, 1.807) is 0 Å². The van der Waals surface area contributed by atoms with Crippen LogP contribution in [0.15, 0.2) is 0 Å². The SMILES string of the molecule is O=CNCC[C@H]1CCCCN1. The zero-order chi connectivity index (χ0) is 7.94. The largest absolute Gasteiger partial charge is 0.359 e. The Morgan fingerprint density at radius 3 is 3.09 bits per heavy atom. The third kappa shape index (κ3) is 3.37. The van der Waals surface area contributed by atoms with Gasteiger partial charge in [0, 0.05) is 12.6 Å². The maximum Gasteiger partial charge on any atom is 0.207 e. The molecule has 0 saturated carbocycles. The summed E-state index contributed by atoms with van der Waals surface area (Å²) in [5, 5.41) is 6.10. The standard InChI is InChI=1S/C8H16N2O/c11-7-9-6-4-8-3-1-2-5-10-8/h7-8,10H,1-6H2,(H,9,11)/t8-/m1/s1. The monoisotopic (exact) mass is 156 g/mol. The number of hydrogen-bond donors (Lipinski definition) is 2. The van der Waals surface area contributed by atoms with Gasteiger partial charge in [-0.2, -0.15) is 0 Å². The lowest BCUT2D eigenvalue weighted by molar-refractivity contribution is -0.109. The van der Waals surface area contributed by atoms with E-state index in [1.165, 1.54) is 19.3 Å². The molecule has 1 aliphatic rings.